The highest BCUT2D eigenvalue weighted by atomic mass is 16.2. The molecule has 3 nitrogen and oxygen atoms in total. The lowest BCUT2D eigenvalue weighted by Crippen LogP contribution is -2.50. The van der Waals surface area contributed by atoms with E-state index in [1.165, 1.54) is 6.42 Å². The van der Waals surface area contributed by atoms with Crippen LogP contribution in [0.1, 0.15) is 31.7 Å². The summed E-state index contributed by atoms with van der Waals surface area (Å²) in [4.78, 5) is 14.3. The summed E-state index contributed by atoms with van der Waals surface area (Å²) in [6.45, 7) is 2.98. The van der Waals surface area contributed by atoms with Gasteiger partial charge in [0.25, 0.3) is 0 Å². The molecule has 0 spiro atoms. The van der Waals surface area contributed by atoms with Crippen LogP contribution < -0.4 is 5.73 Å². The van der Waals surface area contributed by atoms with Crippen LogP contribution in [0, 0.1) is 0 Å². The summed E-state index contributed by atoms with van der Waals surface area (Å²) < 4.78 is 0. The van der Waals surface area contributed by atoms with Gasteiger partial charge in [-0.1, -0.05) is 30.3 Å². The van der Waals surface area contributed by atoms with Crippen LogP contribution in [0.5, 0.6) is 0 Å². The first-order valence-corrected chi connectivity index (χ1v) is 6.78. The zero-order valence-electron chi connectivity index (χ0n) is 11.0. The van der Waals surface area contributed by atoms with Crippen LogP contribution in [0.2, 0.25) is 0 Å². The first-order chi connectivity index (χ1) is 8.68. The van der Waals surface area contributed by atoms with Crippen LogP contribution in [0.4, 0.5) is 0 Å². The molecule has 1 heterocycles. The van der Waals surface area contributed by atoms with Gasteiger partial charge < -0.3 is 10.6 Å². The summed E-state index contributed by atoms with van der Waals surface area (Å²) in [5.74, 6) is 0.103. The molecule has 2 rings (SSSR count). The van der Waals surface area contributed by atoms with Crippen LogP contribution in [-0.2, 0) is 11.2 Å². The maximum Gasteiger partial charge on any atom is 0.240 e. The number of benzene rings is 1. The Balaban J connectivity index is 1.96. The molecule has 1 amide bonds. The first kappa shape index (κ1) is 13.1. The number of likely N-dealkylation sites (tertiary alicyclic amines) is 1. The molecule has 0 saturated carbocycles. The van der Waals surface area contributed by atoms with E-state index in [-0.39, 0.29) is 5.91 Å². The Morgan fingerprint density at radius 1 is 1.39 bits per heavy atom. The van der Waals surface area contributed by atoms with Crippen LogP contribution in [0.25, 0.3) is 0 Å². The van der Waals surface area contributed by atoms with Gasteiger partial charge in [-0.25, -0.2) is 0 Å². The largest absolute Gasteiger partial charge is 0.339 e. The Bertz CT molecular complexity index is 391. The standard InChI is InChI=1S/C15H22N2O/c1-12-7-5-6-10-17(12)15(18)14(16)11-13-8-3-2-4-9-13/h2-4,8-9,12,14H,5-7,10-11,16H2,1H3/t12-,14+/m0/s1. The summed E-state index contributed by atoms with van der Waals surface area (Å²) in [6, 6.07) is 9.91. The summed E-state index contributed by atoms with van der Waals surface area (Å²) in [6.07, 6.45) is 4.06. The summed E-state index contributed by atoms with van der Waals surface area (Å²) in [7, 11) is 0. The van der Waals surface area contributed by atoms with Crippen LogP contribution >= 0.6 is 0 Å². The van der Waals surface area contributed by atoms with Gasteiger partial charge in [-0.2, -0.15) is 0 Å². The average molecular weight is 246 g/mol. The monoisotopic (exact) mass is 246 g/mol. The van der Waals surface area contributed by atoms with Gasteiger partial charge in [0, 0.05) is 12.6 Å². The van der Waals surface area contributed by atoms with E-state index >= 15 is 0 Å². The highest BCUT2D eigenvalue weighted by Crippen LogP contribution is 2.17. The Labute approximate surface area is 109 Å². The van der Waals surface area contributed by atoms with E-state index in [0.717, 1.165) is 24.9 Å². The summed E-state index contributed by atoms with van der Waals surface area (Å²) in [5.41, 5.74) is 7.18. The van der Waals surface area contributed by atoms with Crippen molar-refractivity contribution in [2.45, 2.75) is 44.7 Å². The van der Waals surface area contributed by atoms with Gasteiger partial charge in [0.15, 0.2) is 0 Å². The van der Waals surface area contributed by atoms with Crippen LogP contribution in [-0.4, -0.2) is 29.4 Å². The van der Waals surface area contributed by atoms with Crippen molar-refractivity contribution < 1.29 is 4.79 Å². The highest BCUT2D eigenvalue weighted by Gasteiger charge is 2.27. The molecule has 1 aliphatic heterocycles. The van der Waals surface area contributed by atoms with Gasteiger partial charge in [-0.3, -0.25) is 4.79 Å². The molecular weight excluding hydrogens is 224 g/mol. The summed E-state index contributed by atoms with van der Waals surface area (Å²) >= 11 is 0. The number of hydrogen-bond donors (Lipinski definition) is 1. The van der Waals surface area contributed by atoms with Crippen molar-refractivity contribution in [2.24, 2.45) is 5.73 Å². The fraction of sp³-hybridized carbons (Fsp3) is 0.533. The molecular formula is C15H22N2O. The van der Waals surface area contributed by atoms with Gasteiger partial charge in [0.05, 0.1) is 6.04 Å². The molecule has 1 saturated heterocycles. The average Bonchev–Trinajstić information content (AvgIpc) is 2.39. The van der Waals surface area contributed by atoms with Crippen molar-refractivity contribution in [1.29, 1.82) is 0 Å². The van der Waals surface area contributed by atoms with Gasteiger partial charge in [0.2, 0.25) is 5.91 Å². The Kier molecular flexibility index (Phi) is 4.37. The number of hydrogen-bond acceptors (Lipinski definition) is 2. The SMILES string of the molecule is C[C@H]1CCCCN1C(=O)[C@H](N)Cc1ccccc1. The molecule has 2 N–H and O–H groups in total. The third-order valence-electron chi connectivity index (χ3n) is 3.70. The zero-order valence-corrected chi connectivity index (χ0v) is 11.0. The Morgan fingerprint density at radius 3 is 2.78 bits per heavy atom. The van der Waals surface area contributed by atoms with E-state index in [1.807, 2.05) is 35.2 Å². The number of nitrogens with two attached hydrogens (primary N) is 1. The maximum atomic E-state index is 12.3. The van der Waals surface area contributed by atoms with Crippen molar-refractivity contribution >= 4 is 5.91 Å². The predicted molar refractivity (Wildman–Crippen MR) is 73.1 cm³/mol. The molecule has 98 valence electrons. The number of carbonyl (C=O) groups is 1. The molecule has 0 unspecified atom stereocenters. The molecule has 1 aromatic carbocycles. The number of nitrogens with zero attached hydrogens (tertiary/aromatic N) is 1. The third kappa shape index (κ3) is 3.10. The molecule has 3 heteroatoms. The second kappa shape index (κ2) is 6.01. The molecule has 0 bridgehead atoms. The third-order valence-corrected chi connectivity index (χ3v) is 3.70. The van der Waals surface area contributed by atoms with E-state index in [2.05, 4.69) is 6.92 Å². The normalized spacial score (nSPS) is 21.7. The minimum Gasteiger partial charge on any atom is -0.339 e. The quantitative estimate of drug-likeness (QED) is 0.886. The molecule has 0 aliphatic carbocycles. The van der Waals surface area contributed by atoms with Crippen molar-refractivity contribution in [2.75, 3.05) is 6.54 Å². The topological polar surface area (TPSA) is 46.3 Å². The van der Waals surface area contributed by atoms with Crippen LogP contribution in [0.15, 0.2) is 30.3 Å². The maximum absolute atomic E-state index is 12.3. The second-order valence-electron chi connectivity index (χ2n) is 5.17. The lowest BCUT2D eigenvalue weighted by Gasteiger charge is -2.35. The smallest absolute Gasteiger partial charge is 0.240 e. The zero-order chi connectivity index (χ0) is 13.0. The molecule has 1 aromatic rings. The predicted octanol–water partition coefficient (Wildman–Crippen LogP) is 1.96. The fourth-order valence-corrected chi connectivity index (χ4v) is 2.59. The van der Waals surface area contributed by atoms with E-state index in [4.69, 9.17) is 5.73 Å². The lowest BCUT2D eigenvalue weighted by atomic mass is 10.0. The fourth-order valence-electron chi connectivity index (χ4n) is 2.59. The summed E-state index contributed by atoms with van der Waals surface area (Å²) in [5, 5.41) is 0. The molecule has 18 heavy (non-hydrogen) atoms. The molecule has 0 aromatic heterocycles. The van der Waals surface area contributed by atoms with Crippen molar-refractivity contribution in [3.05, 3.63) is 35.9 Å². The van der Waals surface area contributed by atoms with E-state index in [0.29, 0.717) is 12.5 Å². The highest BCUT2D eigenvalue weighted by molar-refractivity contribution is 5.82. The number of piperidine rings is 1. The number of carbonyl (C=O) groups excluding carboxylic acids is 1. The number of amides is 1. The molecule has 1 aliphatic rings. The van der Waals surface area contributed by atoms with Gasteiger partial charge in [-0.05, 0) is 38.2 Å². The first-order valence-electron chi connectivity index (χ1n) is 6.78. The van der Waals surface area contributed by atoms with E-state index in [9.17, 15) is 4.79 Å². The Hall–Kier alpha value is -1.35. The second-order valence-corrected chi connectivity index (χ2v) is 5.17. The van der Waals surface area contributed by atoms with E-state index < -0.39 is 6.04 Å². The van der Waals surface area contributed by atoms with Crippen molar-refractivity contribution in [1.82, 2.24) is 4.90 Å². The molecule has 0 radical (unpaired) electrons. The molecule has 2 atom stereocenters. The van der Waals surface area contributed by atoms with Gasteiger partial charge >= 0.3 is 0 Å². The molecule has 1 fully saturated rings. The minimum absolute atomic E-state index is 0.103. The number of rotatable bonds is 3. The van der Waals surface area contributed by atoms with Crippen LogP contribution in [0.3, 0.4) is 0 Å². The van der Waals surface area contributed by atoms with Gasteiger partial charge in [-0.15, -0.1) is 0 Å². The Morgan fingerprint density at radius 2 is 2.11 bits per heavy atom. The van der Waals surface area contributed by atoms with Gasteiger partial charge in [0.1, 0.15) is 0 Å². The van der Waals surface area contributed by atoms with E-state index in [1.54, 1.807) is 0 Å². The van der Waals surface area contributed by atoms with Crippen molar-refractivity contribution in [3.63, 3.8) is 0 Å². The minimum atomic E-state index is -0.409. The lowest BCUT2D eigenvalue weighted by molar-refractivity contribution is -0.135. The van der Waals surface area contributed by atoms with Crippen molar-refractivity contribution in [3.8, 4) is 0 Å².